The third-order valence-corrected chi connectivity index (χ3v) is 4.03. The molecule has 0 fully saturated rings. The van der Waals surface area contributed by atoms with Crippen LogP contribution in [0, 0.1) is 0 Å². The average Bonchev–Trinajstić information content (AvgIpc) is 3.01. The predicted octanol–water partition coefficient (Wildman–Crippen LogP) is 3.07. The molecule has 7 heteroatoms. The van der Waals surface area contributed by atoms with Gasteiger partial charge in [0, 0.05) is 0 Å². The summed E-state index contributed by atoms with van der Waals surface area (Å²) in [5, 5.41) is 0. The van der Waals surface area contributed by atoms with Crippen LogP contribution >= 0.6 is 0 Å². The van der Waals surface area contributed by atoms with Crippen LogP contribution in [-0.2, 0) is 5.92 Å². The molecule has 4 rings (SSSR count). The fraction of sp³-hybridized carbons (Fsp3) is 0.250. The zero-order chi connectivity index (χ0) is 16.2. The van der Waals surface area contributed by atoms with Gasteiger partial charge in [0.15, 0.2) is 0 Å². The van der Waals surface area contributed by atoms with E-state index < -0.39 is 11.5 Å². The summed E-state index contributed by atoms with van der Waals surface area (Å²) in [6.45, 7) is 2.79. The molecule has 23 heavy (non-hydrogen) atoms. The molecule has 0 saturated heterocycles. The first kappa shape index (κ1) is 13.9. The first-order valence-corrected chi connectivity index (χ1v) is 7.14. The van der Waals surface area contributed by atoms with Gasteiger partial charge in [0.1, 0.15) is 28.3 Å². The minimum atomic E-state index is -3.13. The second kappa shape index (κ2) is 4.41. The topological polar surface area (TPSA) is 66.8 Å². The monoisotopic (exact) mass is 313 g/mol. The number of para-hydroxylation sites is 2. The first-order chi connectivity index (χ1) is 10.9. The van der Waals surface area contributed by atoms with E-state index >= 15 is 0 Å². The number of H-pyrrole nitrogens is 1. The van der Waals surface area contributed by atoms with Crippen molar-refractivity contribution in [2.75, 3.05) is 0 Å². The lowest BCUT2D eigenvalue weighted by Crippen LogP contribution is -2.44. The largest absolute Gasteiger partial charge is 0.343 e. The fourth-order valence-electron chi connectivity index (χ4n) is 2.67. The van der Waals surface area contributed by atoms with Crippen LogP contribution in [0.5, 0.6) is 0 Å². The standard InChI is InChI=1S/C16H13F2N5/c1-15(2)16(17,18)14-13(20-8-21-14)12(23-15)11-7-19-9-5-3-4-6-10(9)22-11/h3-8H,1-2H3,(H,20,21). The zero-order valence-electron chi connectivity index (χ0n) is 12.5. The summed E-state index contributed by atoms with van der Waals surface area (Å²) in [5.74, 6) is -3.13. The third kappa shape index (κ3) is 1.89. The number of halogens is 2. The maximum atomic E-state index is 14.5. The Morgan fingerprint density at radius 1 is 1.04 bits per heavy atom. The van der Waals surface area contributed by atoms with Gasteiger partial charge in [-0.3, -0.25) is 9.98 Å². The molecule has 0 amide bonds. The van der Waals surface area contributed by atoms with Crippen molar-refractivity contribution in [1.29, 1.82) is 0 Å². The van der Waals surface area contributed by atoms with Crippen molar-refractivity contribution >= 4 is 16.7 Å². The number of nitrogens with zero attached hydrogens (tertiary/aromatic N) is 4. The van der Waals surface area contributed by atoms with Crippen LogP contribution in [0.3, 0.4) is 0 Å². The van der Waals surface area contributed by atoms with Crippen molar-refractivity contribution < 1.29 is 8.78 Å². The smallest absolute Gasteiger partial charge is 0.313 e. The van der Waals surface area contributed by atoms with Crippen LogP contribution < -0.4 is 0 Å². The number of fused-ring (bicyclic) bond motifs is 2. The molecule has 5 nitrogen and oxygen atoms in total. The number of aromatic nitrogens is 4. The molecular formula is C16H13F2N5. The van der Waals surface area contributed by atoms with E-state index in [9.17, 15) is 8.78 Å². The van der Waals surface area contributed by atoms with Gasteiger partial charge in [-0.25, -0.2) is 9.97 Å². The highest BCUT2D eigenvalue weighted by atomic mass is 19.3. The van der Waals surface area contributed by atoms with Gasteiger partial charge >= 0.3 is 5.92 Å². The molecule has 2 aromatic heterocycles. The maximum absolute atomic E-state index is 14.5. The molecule has 1 aliphatic heterocycles. The third-order valence-electron chi connectivity index (χ3n) is 4.03. The first-order valence-electron chi connectivity index (χ1n) is 7.14. The SMILES string of the molecule is CC1(C)N=C(c2cnc3ccccc3n2)c2nc[nH]c2C1(F)F. The van der Waals surface area contributed by atoms with Gasteiger partial charge < -0.3 is 4.98 Å². The van der Waals surface area contributed by atoms with E-state index in [0.717, 1.165) is 5.52 Å². The van der Waals surface area contributed by atoms with Gasteiger partial charge in [-0.15, -0.1) is 0 Å². The van der Waals surface area contributed by atoms with E-state index in [0.29, 0.717) is 16.9 Å². The molecule has 0 aliphatic carbocycles. The number of benzene rings is 1. The second-order valence-corrected chi connectivity index (χ2v) is 5.96. The summed E-state index contributed by atoms with van der Waals surface area (Å²) < 4.78 is 29.1. The Labute approximate surface area is 130 Å². The Hall–Kier alpha value is -2.70. The summed E-state index contributed by atoms with van der Waals surface area (Å²) in [7, 11) is 0. The lowest BCUT2D eigenvalue weighted by atomic mass is 9.88. The van der Waals surface area contributed by atoms with Crippen molar-refractivity contribution in [2.45, 2.75) is 25.3 Å². The van der Waals surface area contributed by atoms with Crippen molar-refractivity contribution in [3.05, 3.63) is 53.9 Å². The molecule has 3 heterocycles. The van der Waals surface area contributed by atoms with E-state index in [2.05, 4.69) is 24.9 Å². The number of rotatable bonds is 1. The van der Waals surface area contributed by atoms with Gasteiger partial charge in [-0.05, 0) is 26.0 Å². The summed E-state index contributed by atoms with van der Waals surface area (Å²) in [4.78, 5) is 19.6. The van der Waals surface area contributed by atoms with Gasteiger partial charge in [0.2, 0.25) is 0 Å². The summed E-state index contributed by atoms with van der Waals surface area (Å²) in [5.41, 5.74) is 0.465. The Balaban J connectivity index is 1.95. The highest BCUT2D eigenvalue weighted by molar-refractivity contribution is 6.12. The molecule has 0 spiro atoms. The molecule has 0 bridgehead atoms. The minimum Gasteiger partial charge on any atom is -0.343 e. The molecule has 0 radical (unpaired) electrons. The van der Waals surface area contributed by atoms with Crippen LogP contribution in [0.25, 0.3) is 11.0 Å². The number of nitrogens with one attached hydrogen (secondary N) is 1. The summed E-state index contributed by atoms with van der Waals surface area (Å²) >= 11 is 0. The van der Waals surface area contributed by atoms with Crippen molar-refractivity contribution in [3.63, 3.8) is 0 Å². The van der Waals surface area contributed by atoms with Crippen LogP contribution in [0.1, 0.15) is 30.9 Å². The Bertz CT molecular complexity index is 942. The van der Waals surface area contributed by atoms with Crippen LogP contribution in [0.15, 0.2) is 41.8 Å². The normalized spacial score (nSPS) is 18.5. The van der Waals surface area contributed by atoms with Crippen molar-refractivity contribution in [2.24, 2.45) is 4.99 Å². The quantitative estimate of drug-likeness (QED) is 0.751. The van der Waals surface area contributed by atoms with Gasteiger partial charge in [0.05, 0.1) is 23.6 Å². The molecule has 116 valence electrons. The number of aromatic amines is 1. The molecular weight excluding hydrogens is 300 g/mol. The lowest BCUT2D eigenvalue weighted by Gasteiger charge is -2.34. The molecule has 0 saturated carbocycles. The van der Waals surface area contributed by atoms with E-state index in [-0.39, 0.29) is 11.4 Å². The number of hydrogen-bond acceptors (Lipinski definition) is 4. The Kier molecular flexibility index (Phi) is 2.67. The molecule has 1 aliphatic rings. The van der Waals surface area contributed by atoms with E-state index in [1.165, 1.54) is 20.2 Å². The number of alkyl halides is 2. The van der Waals surface area contributed by atoms with Gasteiger partial charge in [-0.1, -0.05) is 12.1 Å². The van der Waals surface area contributed by atoms with E-state index in [1.807, 2.05) is 24.3 Å². The van der Waals surface area contributed by atoms with Crippen molar-refractivity contribution in [3.8, 4) is 0 Å². The Morgan fingerprint density at radius 2 is 1.78 bits per heavy atom. The lowest BCUT2D eigenvalue weighted by molar-refractivity contribution is -0.0717. The van der Waals surface area contributed by atoms with Crippen molar-refractivity contribution in [1.82, 2.24) is 19.9 Å². The molecule has 0 unspecified atom stereocenters. The number of aliphatic imine (C=N–C) groups is 1. The maximum Gasteiger partial charge on any atom is 0.313 e. The minimum absolute atomic E-state index is 0.124. The molecule has 3 aromatic rings. The fourth-order valence-corrected chi connectivity index (χ4v) is 2.67. The zero-order valence-corrected chi connectivity index (χ0v) is 12.5. The van der Waals surface area contributed by atoms with Crippen LogP contribution in [0.4, 0.5) is 8.78 Å². The van der Waals surface area contributed by atoms with Gasteiger partial charge in [-0.2, -0.15) is 8.78 Å². The van der Waals surface area contributed by atoms with E-state index in [4.69, 9.17) is 0 Å². The van der Waals surface area contributed by atoms with Crippen LogP contribution in [0.2, 0.25) is 0 Å². The molecule has 0 atom stereocenters. The molecule has 1 aromatic carbocycles. The highest BCUT2D eigenvalue weighted by Gasteiger charge is 2.54. The second-order valence-electron chi connectivity index (χ2n) is 5.96. The summed E-state index contributed by atoms with van der Waals surface area (Å²) in [6.07, 6.45) is 2.79. The summed E-state index contributed by atoms with van der Waals surface area (Å²) in [6, 6.07) is 7.37. The Morgan fingerprint density at radius 3 is 2.57 bits per heavy atom. The predicted molar refractivity (Wildman–Crippen MR) is 81.7 cm³/mol. The number of hydrogen-bond donors (Lipinski definition) is 1. The van der Waals surface area contributed by atoms with Gasteiger partial charge in [0.25, 0.3) is 0 Å². The number of imidazole rings is 1. The highest BCUT2D eigenvalue weighted by Crippen LogP contribution is 2.45. The van der Waals surface area contributed by atoms with Crippen LogP contribution in [-0.4, -0.2) is 31.2 Å². The van der Waals surface area contributed by atoms with E-state index in [1.54, 1.807) is 6.20 Å². The molecule has 1 N–H and O–H groups in total. The average molecular weight is 313 g/mol.